The van der Waals surface area contributed by atoms with E-state index in [1.54, 1.807) is 6.08 Å². The van der Waals surface area contributed by atoms with E-state index in [-0.39, 0.29) is 6.61 Å². The van der Waals surface area contributed by atoms with Gasteiger partial charge in [-0.15, -0.1) is 0 Å². The number of rotatable bonds is 5. The first kappa shape index (κ1) is 18.7. The predicted molar refractivity (Wildman–Crippen MR) is 79.3 cm³/mol. The molecule has 0 aromatic carbocycles. The molecule has 0 unspecified atom stereocenters. The lowest BCUT2D eigenvalue weighted by Crippen LogP contribution is -2.59. The standard InChI is InChI=1S/C16H22O6/c1-2-3-4-5-6-7-8-9-10-21-16-15(20)14(19)13(18)12(11-17)22-16/h2-3,12-20H,8-11H2,1H3/b3-2-/t12-,13-,14+,15-,16-/m0/s1. The van der Waals surface area contributed by atoms with Crippen LogP contribution in [0.1, 0.15) is 19.8 Å². The minimum Gasteiger partial charge on any atom is -0.394 e. The normalized spacial score (nSPS) is 31.2. The molecule has 1 aliphatic rings. The molecule has 0 bridgehead atoms. The van der Waals surface area contributed by atoms with Gasteiger partial charge in [0.1, 0.15) is 24.4 Å². The number of allylic oxidation sites excluding steroid dienone is 2. The molecule has 22 heavy (non-hydrogen) atoms. The third kappa shape index (κ3) is 5.78. The number of ether oxygens (including phenoxy) is 2. The summed E-state index contributed by atoms with van der Waals surface area (Å²) in [7, 11) is 0. The third-order valence-corrected chi connectivity index (χ3v) is 3.05. The molecule has 0 aromatic heterocycles. The van der Waals surface area contributed by atoms with Gasteiger partial charge in [0.15, 0.2) is 6.29 Å². The van der Waals surface area contributed by atoms with Crippen molar-refractivity contribution in [3.05, 3.63) is 12.2 Å². The van der Waals surface area contributed by atoms with E-state index in [2.05, 4.69) is 23.7 Å². The average molecular weight is 310 g/mol. The van der Waals surface area contributed by atoms with Crippen molar-refractivity contribution in [2.75, 3.05) is 13.2 Å². The van der Waals surface area contributed by atoms with Crippen molar-refractivity contribution >= 4 is 0 Å². The third-order valence-electron chi connectivity index (χ3n) is 3.05. The highest BCUT2D eigenvalue weighted by molar-refractivity contribution is 5.30. The first-order valence-corrected chi connectivity index (χ1v) is 7.13. The zero-order valence-corrected chi connectivity index (χ0v) is 12.5. The first-order chi connectivity index (χ1) is 10.6. The summed E-state index contributed by atoms with van der Waals surface area (Å²) in [5.74, 6) is 11.0. The lowest BCUT2D eigenvalue weighted by atomic mass is 9.99. The van der Waals surface area contributed by atoms with Crippen molar-refractivity contribution in [1.82, 2.24) is 0 Å². The Morgan fingerprint density at radius 1 is 1.14 bits per heavy atom. The molecule has 0 radical (unpaired) electrons. The maximum Gasteiger partial charge on any atom is 0.186 e. The Kier molecular flexibility index (Phi) is 8.79. The highest BCUT2D eigenvalue weighted by atomic mass is 16.7. The van der Waals surface area contributed by atoms with E-state index < -0.39 is 37.3 Å². The summed E-state index contributed by atoms with van der Waals surface area (Å²) in [4.78, 5) is 0. The van der Waals surface area contributed by atoms with Crippen LogP contribution in [0.25, 0.3) is 0 Å². The molecular weight excluding hydrogens is 288 g/mol. The molecule has 1 aliphatic heterocycles. The van der Waals surface area contributed by atoms with Gasteiger partial charge in [0.2, 0.25) is 0 Å². The molecular formula is C16H22O6. The highest BCUT2D eigenvalue weighted by Gasteiger charge is 2.43. The van der Waals surface area contributed by atoms with Gasteiger partial charge < -0.3 is 29.9 Å². The topological polar surface area (TPSA) is 99.4 Å². The molecule has 1 rings (SSSR count). The van der Waals surface area contributed by atoms with E-state index in [4.69, 9.17) is 14.6 Å². The van der Waals surface area contributed by atoms with Gasteiger partial charge in [-0.3, -0.25) is 0 Å². The zero-order chi connectivity index (χ0) is 16.4. The van der Waals surface area contributed by atoms with Crippen LogP contribution in [0.3, 0.4) is 0 Å². The lowest BCUT2D eigenvalue weighted by Gasteiger charge is -2.39. The number of hydrogen-bond donors (Lipinski definition) is 4. The highest BCUT2D eigenvalue weighted by Crippen LogP contribution is 2.21. The van der Waals surface area contributed by atoms with E-state index in [9.17, 15) is 15.3 Å². The van der Waals surface area contributed by atoms with E-state index in [1.807, 2.05) is 13.0 Å². The van der Waals surface area contributed by atoms with Gasteiger partial charge in [-0.2, -0.15) is 0 Å². The minimum absolute atomic E-state index is 0.264. The number of hydrogen-bond acceptors (Lipinski definition) is 6. The zero-order valence-electron chi connectivity index (χ0n) is 12.5. The van der Waals surface area contributed by atoms with Crippen molar-refractivity contribution in [1.29, 1.82) is 0 Å². The molecule has 0 aliphatic carbocycles. The molecule has 5 atom stereocenters. The second kappa shape index (κ2) is 10.4. The van der Waals surface area contributed by atoms with Crippen LogP contribution in [-0.4, -0.2) is 64.3 Å². The summed E-state index contributed by atoms with van der Waals surface area (Å²) in [6, 6.07) is 0. The fraction of sp³-hybridized carbons (Fsp3) is 0.625. The molecule has 1 heterocycles. The number of aliphatic hydroxyl groups is 4. The van der Waals surface area contributed by atoms with Crippen LogP contribution in [0.5, 0.6) is 0 Å². The molecule has 122 valence electrons. The van der Waals surface area contributed by atoms with Crippen LogP contribution >= 0.6 is 0 Å². The van der Waals surface area contributed by atoms with Crippen LogP contribution in [0.15, 0.2) is 12.2 Å². The summed E-state index contributed by atoms with van der Waals surface area (Å²) in [6.45, 7) is 1.67. The Labute approximate surface area is 130 Å². The van der Waals surface area contributed by atoms with Gasteiger partial charge in [-0.05, 0) is 31.3 Å². The smallest absolute Gasteiger partial charge is 0.186 e. The van der Waals surface area contributed by atoms with Gasteiger partial charge in [-0.1, -0.05) is 17.9 Å². The Balaban J connectivity index is 2.31. The fourth-order valence-electron chi connectivity index (χ4n) is 1.83. The summed E-state index contributed by atoms with van der Waals surface area (Å²) in [5.41, 5.74) is 0. The number of aliphatic hydroxyl groups excluding tert-OH is 4. The monoisotopic (exact) mass is 310 g/mol. The molecule has 0 amide bonds. The van der Waals surface area contributed by atoms with Crippen LogP contribution in [-0.2, 0) is 9.47 Å². The molecule has 1 saturated heterocycles. The van der Waals surface area contributed by atoms with Crippen molar-refractivity contribution in [2.24, 2.45) is 0 Å². The SMILES string of the molecule is C/C=C\C#CC#CCCCO[C@H]1O[C@@H](CO)[C@H](O)[C@@H](O)[C@@H]1O. The van der Waals surface area contributed by atoms with Crippen LogP contribution < -0.4 is 0 Å². The maximum atomic E-state index is 9.75. The molecule has 4 N–H and O–H groups in total. The maximum absolute atomic E-state index is 9.75. The lowest BCUT2D eigenvalue weighted by molar-refractivity contribution is -0.301. The fourth-order valence-corrected chi connectivity index (χ4v) is 1.83. The van der Waals surface area contributed by atoms with E-state index in [0.29, 0.717) is 12.8 Å². The quantitative estimate of drug-likeness (QED) is 0.391. The summed E-state index contributed by atoms with van der Waals surface area (Å²) >= 11 is 0. The second-order valence-electron chi connectivity index (χ2n) is 4.74. The van der Waals surface area contributed by atoms with Crippen molar-refractivity contribution in [3.63, 3.8) is 0 Å². The summed E-state index contributed by atoms with van der Waals surface area (Å²) in [6.07, 6.45) is -1.49. The molecule has 6 nitrogen and oxygen atoms in total. The largest absolute Gasteiger partial charge is 0.394 e. The van der Waals surface area contributed by atoms with Crippen molar-refractivity contribution in [2.45, 2.75) is 50.5 Å². The molecule has 0 aromatic rings. The molecule has 0 saturated carbocycles. The van der Waals surface area contributed by atoms with Gasteiger partial charge in [0.05, 0.1) is 13.2 Å². The average Bonchev–Trinajstić information content (AvgIpc) is 2.53. The Hall–Kier alpha value is -1.38. The predicted octanol–water partition coefficient (Wildman–Crippen LogP) is -0.834. The van der Waals surface area contributed by atoms with E-state index >= 15 is 0 Å². The van der Waals surface area contributed by atoms with Gasteiger partial charge >= 0.3 is 0 Å². The van der Waals surface area contributed by atoms with Crippen LogP contribution in [0.2, 0.25) is 0 Å². The summed E-state index contributed by atoms with van der Waals surface area (Å²) in [5, 5.41) is 38.0. The Morgan fingerprint density at radius 2 is 1.91 bits per heavy atom. The minimum atomic E-state index is -1.42. The Bertz CT molecular complexity index is 464. The van der Waals surface area contributed by atoms with Crippen LogP contribution in [0.4, 0.5) is 0 Å². The van der Waals surface area contributed by atoms with E-state index in [0.717, 1.165) is 0 Å². The van der Waals surface area contributed by atoms with Crippen LogP contribution in [0, 0.1) is 23.7 Å². The molecule has 1 fully saturated rings. The first-order valence-electron chi connectivity index (χ1n) is 7.13. The summed E-state index contributed by atoms with van der Waals surface area (Å²) < 4.78 is 10.5. The van der Waals surface area contributed by atoms with Gasteiger partial charge in [0, 0.05) is 6.42 Å². The second-order valence-corrected chi connectivity index (χ2v) is 4.74. The molecule has 0 spiro atoms. The van der Waals surface area contributed by atoms with Gasteiger partial charge in [-0.25, -0.2) is 0 Å². The Morgan fingerprint density at radius 3 is 2.59 bits per heavy atom. The van der Waals surface area contributed by atoms with Crippen molar-refractivity contribution < 1.29 is 29.9 Å². The van der Waals surface area contributed by atoms with Gasteiger partial charge in [0.25, 0.3) is 0 Å². The number of unbranched alkanes of at least 4 members (excludes halogenated alkanes) is 1. The van der Waals surface area contributed by atoms with Crippen molar-refractivity contribution in [3.8, 4) is 23.7 Å². The van der Waals surface area contributed by atoms with E-state index in [1.165, 1.54) is 0 Å². The molecule has 6 heteroatoms.